The van der Waals surface area contributed by atoms with E-state index in [1.807, 2.05) is 0 Å². The van der Waals surface area contributed by atoms with E-state index >= 15 is 0 Å². The van der Waals surface area contributed by atoms with Gasteiger partial charge in [-0.25, -0.2) is 0 Å². The number of H-pyrrole nitrogens is 1. The largest absolute Gasteiger partial charge is 0.358 e. The summed E-state index contributed by atoms with van der Waals surface area (Å²) in [6, 6.07) is 19.4. The summed E-state index contributed by atoms with van der Waals surface area (Å²) < 4.78 is 0. The summed E-state index contributed by atoms with van der Waals surface area (Å²) >= 11 is 0. The van der Waals surface area contributed by atoms with Crippen molar-refractivity contribution in [3.8, 4) is 11.1 Å². The van der Waals surface area contributed by atoms with Crippen LogP contribution >= 0.6 is 0 Å². The molecule has 1 N–H and O–H groups in total. The summed E-state index contributed by atoms with van der Waals surface area (Å²) in [5.41, 5.74) is 5.35. The van der Waals surface area contributed by atoms with Gasteiger partial charge in [-0.05, 0) is 24.5 Å². The number of para-hydroxylation sites is 1. The van der Waals surface area contributed by atoms with Crippen LogP contribution in [0.25, 0.3) is 22.0 Å². The first-order chi connectivity index (χ1) is 10.4. The highest BCUT2D eigenvalue weighted by molar-refractivity contribution is 5.97. The van der Waals surface area contributed by atoms with Crippen molar-refractivity contribution < 1.29 is 0 Å². The van der Waals surface area contributed by atoms with Gasteiger partial charge in [0.1, 0.15) is 0 Å². The van der Waals surface area contributed by atoms with Crippen molar-refractivity contribution in [1.82, 2.24) is 4.98 Å². The second-order valence-corrected chi connectivity index (χ2v) is 5.70. The van der Waals surface area contributed by atoms with Crippen molar-refractivity contribution in [2.24, 2.45) is 0 Å². The van der Waals surface area contributed by atoms with Gasteiger partial charge in [0.2, 0.25) is 0 Å². The molecule has 21 heavy (non-hydrogen) atoms. The lowest BCUT2D eigenvalue weighted by atomic mass is 9.99. The minimum absolute atomic E-state index is 1.14. The van der Waals surface area contributed by atoms with Gasteiger partial charge in [0.15, 0.2) is 0 Å². The molecule has 0 saturated heterocycles. The number of aryl methyl sites for hydroxylation is 1. The Morgan fingerprint density at radius 1 is 0.810 bits per heavy atom. The summed E-state index contributed by atoms with van der Waals surface area (Å²) in [5.74, 6) is 0. The maximum atomic E-state index is 3.64. The molecule has 0 saturated carbocycles. The van der Waals surface area contributed by atoms with E-state index < -0.39 is 0 Å². The van der Waals surface area contributed by atoms with E-state index in [0.29, 0.717) is 0 Å². The molecular formula is C20H23N. The molecule has 1 nitrogen and oxygen atoms in total. The molecule has 108 valence electrons. The number of unbranched alkanes of at least 4 members (excludes halogenated alkanes) is 3. The van der Waals surface area contributed by atoms with E-state index in [2.05, 4.69) is 66.5 Å². The lowest BCUT2D eigenvalue weighted by molar-refractivity contribution is 0.663. The second kappa shape index (κ2) is 6.62. The van der Waals surface area contributed by atoms with E-state index in [1.54, 1.807) is 0 Å². The monoisotopic (exact) mass is 277 g/mol. The fourth-order valence-corrected chi connectivity index (χ4v) is 3.05. The topological polar surface area (TPSA) is 15.8 Å². The molecular weight excluding hydrogens is 254 g/mol. The first-order valence-corrected chi connectivity index (χ1v) is 8.05. The van der Waals surface area contributed by atoms with Crippen LogP contribution in [0.3, 0.4) is 0 Å². The van der Waals surface area contributed by atoms with Gasteiger partial charge in [-0.2, -0.15) is 0 Å². The Kier molecular flexibility index (Phi) is 4.40. The summed E-state index contributed by atoms with van der Waals surface area (Å²) in [6.45, 7) is 2.26. The number of rotatable bonds is 6. The van der Waals surface area contributed by atoms with Crippen LogP contribution in [-0.2, 0) is 6.42 Å². The van der Waals surface area contributed by atoms with Gasteiger partial charge in [-0.15, -0.1) is 0 Å². The van der Waals surface area contributed by atoms with Crippen molar-refractivity contribution in [3.05, 3.63) is 60.3 Å². The van der Waals surface area contributed by atoms with Gasteiger partial charge in [-0.1, -0.05) is 74.7 Å². The molecule has 0 aliphatic carbocycles. The molecule has 2 aromatic carbocycles. The number of hydrogen-bond acceptors (Lipinski definition) is 0. The summed E-state index contributed by atoms with van der Waals surface area (Å²) in [4.78, 5) is 3.64. The normalized spacial score (nSPS) is 11.1. The number of aromatic nitrogens is 1. The molecule has 0 aliphatic rings. The minimum atomic E-state index is 1.14. The average molecular weight is 277 g/mol. The molecule has 1 aromatic heterocycles. The third kappa shape index (κ3) is 3.02. The van der Waals surface area contributed by atoms with Crippen molar-refractivity contribution in [3.63, 3.8) is 0 Å². The molecule has 0 unspecified atom stereocenters. The Morgan fingerprint density at radius 3 is 2.38 bits per heavy atom. The Hall–Kier alpha value is -2.02. The molecule has 0 fully saturated rings. The van der Waals surface area contributed by atoms with Gasteiger partial charge in [0.05, 0.1) is 0 Å². The lowest BCUT2D eigenvalue weighted by Crippen LogP contribution is -1.89. The van der Waals surface area contributed by atoms with Crippen LogP contribution in [0.2, 0.25) is 0 Å². The molecule has 0 atom stereocenters. The minimum Gasteiger partial charge on any atom is -0.358 e. The van der Waals surface area contributed by atoms with Gasteiger partial charge < -0.3 is 4.98 Å². The standard InChI is InChI=1S/C20H23N/c1-2-3-4-8-15-19-20(16-11-6-5-7-12-16)17-13-9-10-14-18(17)21-19/h5-7,9-14,21H,2-4,8,15H2,1H3. The van der Waals surface area contributed by atoms with Crippen LogP contribution in [-0.4, -0.2) is 4.98 Å². The highest BCUT2D eigenvalue weighted by Crippen LogP contribution is 2.33. The van der Waals surface area contributed by atoms with Crippen LogP contribution in [0.1, 0.15) is 38.3 Å². The van der Waals surface area contributed by atoms with Crippen LogP contribution in [0.4, 0.5) is 0 Å². The highest BCUT2D eigenvalue weighted by Gasteiger charge is 2.12. The fourth-order valence-electron chi connectivity index (χ4n) is 3.05. The first-order valence-electron chi connectivity index (χ1n) is 8.05. The molecule has 1 heterocycles. The Balaban J connectivity index is 1.98. The van der Waals surface area contributed by atoms with Gasteiger partial charge in [-0.3, -0.25) is 0 Å². The molecule has 0 spiro atoms. The zero-order valence-corrected chi connectivity index (χ0v) is 12.7. The van der Waals surface area contributed by atoms with E-state index in [1.165, 1.54) is 53.4 Å². The predicted octanol–water partition coefficient (Wildman–Crippen LogP) is 5.96. The fraction of sp³-hybridized carbons (Fsp3) is 0.300. The smallest absolute Gasteiger partial charge is 0.0462 e. The lowest BCUT2D eigenvalue weighted by Gasteiger charge is -2.05. The first kappa shape index (κ1) is 13.9. The second-order valence-electron chi connectivity index (χ2n) is 5.70. The molecule has 3 aromatic rings. The SMILES string of the molecule is CCCCCCc1[nH]c2ccccc2c1-c1ccccc1. The van der Waals surface area contributed by atoms with Crippen LogP contribution < -0.4 is 0 Å². The number of hydrogen-bond donors (Lipinski definition) is 1. The summed E-state index contributed by atoms with van der Waals surface area (Å²) in [5, 5.41) is 1.34. The molecule has 0 amide bonds. The third-order valence-electron chi connectivity index (χ3n) is 4.13. The highest BCUT2D eigenvalue weighted by atomic mass is 14.7. The molecule has 0 bridgehead atoms. The Morgan fingerprint density at radius 2 is 1.57 bits per heavy atom. The Labute approximate surface area is 127 Å². The average Bonchev–Trinajstić information content (AvgIpc) is 2.90. The predicted molar refractivity (Wildman–Crippen MR) is 91.6 cm³/mol. The molecule has 3 rings (SSSR count). The van der Waals surface area contributed by atoms with Crippen molar-refractivity contribution >= 4 is 10.9 Å². The summed E-state index contributed by atoms with van der Waals surface area (Å²) in [6.07, 6.45) is 6.35. The molecule has 0 radical (unpaired) electrons. The molecule has 0 aliphatic heterocycles. The van der Waals surface area contributed by atoms with E-state index in [4.69, 9.17) is 0 Å². The van der Waals surface area contributed by atoms with E-state index in [0.717, 1.165) is 6.42 Å². The maximum absolute atomic E-state index is 3.64. The van der Waals surface area contributed by atoms with Crippen LogP contribution in [0.5, 0.6) is 0 Å². The van der Waals surface area contributed by atoms with Gasteiger partial charge in [0.25, 0.3) is 0 Å². The van der Waals surface area contributed by atoms with E-state index in [9.17, 15) is 0 Å². The number of fused-ring (bicyclic) bond motifs is 1. The van der Waals surface area contributed by atoms with Crippen molar-refractivity contribution in [1.29, 1.82) is 0 Å². The van der Waals surface area contributed by atoms with Crippen LogP contribution in [0.15, 0.2) is 54.6 Å². The van der Waals surface area contributed by atoms with Crippen molar-refractivity contribution in [2.45, 2.75) is 39.0 Å². The quantitative estimate of drug-likeness (QED) is 0.535. The third-order valence-corrected chi connectivity index (χ3v) is 4.13. The van der Waals surface area contributed by atoms with Crippen molar-refractivity contribution in [2.75, 3.05) is 0 Å². The zero-order valence-electron chi connectivity index (χ0n) is 12.7. The number of benzene rings is 2. The Bertz CT molecular complexity index is 694. The van der Waals surface area contributed by atoms with Crippen LogP contribution in [0, 0.1) is 0 Å². The molecule has 1 heteroatoms. The van der Waals surface area contributed by atoms with Gasteiger partial charge in [0, 0.05) is 22.2 Å². The van der Waals surface area contributed by atoms with Gasteiger partial charge >= 0.3 is 0 Å². The summed E-state index contributed by atoms with van der Waals surface area (Å²) in [7, 11) is 0. The zero-order chi connectivity index (χ0) is 14.5. The number of nitrogens with one attached hydrogen (secondary N) is 1. The van der Waals surface area contributed by atoms with E-state index in [-0.39, 0.29) is 0 Å². The number of aromatic amines is 1. The maximum Gasteiger partial charge on any atom is 0.0462 e.